The highest BCUT2D eigenvalue weighted by atomic mass is 16.5. The molecule has 3 nitrogen and oxygen atoms in total. The largest absolute Gasteiger partial charge is 0.497 e. The molecule has 0 aromatic heterocycles. The second-order valence-electron chi connectivity index (χ2n) is 4.95. The number of hydrogen-bond acceptors (Lipinski definition) is 3. The third-order valence-corrected chi connectivity index (χ3v) is 3.21. The van der Waals surface area contributed by atoms with Gasteiger partial charge in [-0.2, -0.15) is 0 Å². The summed E-state index contributed by atoms with van der Waals surface area (Å²) in [5.41, 5.74) is 0. The van der Waals surface area contributed by atoms with Crippen molar-refractivity contribution >= 4 is 0 Å². The van der Waals surface area contributed by atoms with Crippen LogP contribution in [-0.2, 0) is 0 Å². The van der Waals surface area contributed by atoms with Gasteiger partial charge in [0.05, 0.1) is 7.11 Å². The molecule has 0 fully saturated rings. The molecule has 0 radical (unpaired) electrons. The summed E-state index contributed by atoms with van der Waals surface area (Å²) in [7, 11) is 1.66. The fraction of sp³-hybridized carbons (Fsp3) is 0.600. The first-order chi connectivity index (χ1) is 8.63. The molecule has 1 aromatic rings. The molecule has 0 aliphatic heterocycles. The van der Waals surface area contributed by atoms with Crippen LogP contribution in [0.1, 0.15) is 20.8 Å². The standard InChI is InChI=1S/C15H25NO2/c1-12(2)13(3)11-16-9-10-18-15-7-5-14(17-4)6-8-15/h5-8,12-13,16H,9-11H2,1-4H3. The Balaban J connectivity index is 2.14. The quantitative estimate of drug-likeness (QED) is 0.721. The zero-order chi connectivity index (χ0) is 13.4. The first kappa shape index (κ1) is 14.8. The van der Waals surface area contributed by atoms with Crippen molar-refractivity contribution in [2.75, 3.05) is 26.8 Å². The summed E-state index contributed by atoms with van der Waals surface area (Å²) in [6, 6.07) is 7.67. The summed E-state index contributed by atoms with van der Waals surface area (Å²) in [4.78, 5) is 0. The van der Waals surface area contributed by atoms with Gasteiger partial charge in [-0.15, -0.1) is 0 Å². The Morgan fingerprint density at radius 3 is 2.22 bits per heavy atom. The van der Waals surface area contributed by atoms with Gasteiger partial charge in [0.25, 0.3) is 0 Å². The van der Waals surface area contributed by atoms with Crippen LogP contribution in [-0.4, -0.2) is 26.8 Å². The Morgan fingerprint density at radius 1 is 1.06 bits per heavy atom. The molecule has 0 spiro atoms. The number of ether oxygens (including phenoxy) is 2. The molecule has 1 atom stereocenters. The molecule has 0 heterocycles. The van der Waals surface area contributed by atoms with Crippen molar-refractivity contribution in [3.05, 3.63) is 24.3 Å². The molecule has 0 bridgehead atoms. The molecule has 0 aliphatic carbocycles. The second kappa shape index (κ2) is 7.98. The minimum Gasteiger partial charge on any atom is -0.497 e. The summed E-state index contributed by atoms with van der Waals surface area (Å²) in [5, 5.41) is 3.41. The Bertz CT molecular complexity index is 322. The van der Waals surface area contributed by atoms with Crippen molar-refractivity contribution < 1.29 is 9.47 Å². The van der Waals surface area contributed by atoms with Gasteiger partial charge in [0.15, 0.2) is 0 Å². The summed E-state index contributed by atoms with van der Waals surface area (Å²) in [6.45, 7) is 9.38. The predicted molar refractivity (Wildman–Crippen MR) is 75.4 cm³/mol. The lowest BCUT2D eigenvalue weighted by atomic mass is 9.98. The fourth-order valence-corrected chi connectivity index (χ4v) is 1.48. The monoisotopic (exact) mass is 251 g/mol. The van der Waals surface area contributed by atoms with Crippen LogP contribution in [0.5, 0.6) is 11.5 Å². The van der Waals surface area contributed by atoms with E-state index in [1.54, 1.807) is 7.11 Å². The summed E-state index contributed by atoms with van der Waals surface area (Å²) >= 11 is 0. The van der Waals surface area contributed by atoms with E-state index in [1.807, 2.05) is 24.3 Å². The first-order valence-electron chi connectivity index (χ1n) is 6.61. The molecule has 1 rings (SSSR count). The average molecular weight is 251 g/mol. The van der Waals surface area contributed by atoms with Crippen molar-refractivity contribution in [3.8, 4) is 11.5 Å². The molecule has 0 saturated carbocycles. The lowest BCUT2D eigenvalue weighted by Crippen LogP contribution is -2.28. The highest BCUT2D eigenvalue weighted by Gasteiger charge is 2.05. The number of benzene rings is 1. The van der Waals surface area contributed by atoms with Crippen LogP contribution in [0, 0.1) is 11.8 Å². The maximum Gasteiger partial charge on any atom is 0.119 e. The van der Waals surface area contributed by atoms with Gasteiger partial charge in [0, 0.05) is 6.54 Å². The molecule has 102 valence electrons. The summed E-state index contributed by atoms with van der Waals surface area (Å²) in [5.74, 6) is 3.16. The van der Waals surface area contributed by atoms with Crippen molar-refractivity contribution in [2.45, 2.75) is 20.8 Å². The molecule has 1 aromatic carbocycles. The minimum atomic E-state index is 0.692. The first-order valence-corrected chi connectivity index (χ1v) is 6.61. The Labute approximate surface area is 110 Å². The third kappa shape index (κ3) is 5.41. The van der Waals surface area contributed by atoms with E-state index in [2.05, 4.69) is 26.1 Å². The third-order valence-electron chi connectivity index (χ3n) is 3.21. The van der Waals surface area contributed by atoms with E-state index >= 15 is 0 Å². The zero-order valence-corrected chi connectivity index (χ0v) is 11.9. The lowest BCUT2D eigenvalue weighted by Gasteiger charge is -2.16. The van der Waals surface area contributed by atoms with Crippen LogP contribution in [0.25, 0.3) is 0 Å². The molecule has 18 heavy (non-hydrogen) atoms. The average Bonchev–Trinajstić information content (AvgIpc) is 2.38. The molecule has 3 heteroatoms. The molecule has 0 amide bonds. The van der Waals surface area contributed by atoms with Crippen molar-refractivity contribution in [1.82, 2.24) is 5.32 Å². The van der Waals surface area contributed by atoms with E-state index in [0.717, 1.165) is 30.5 Å². The van der Waals surface area contributed by atoms with E-state index in [9.17, 15) is 0 Å². The summed E-state index contributed by atoms with van der Waals surface area (Å²) in [6.07, 6.45) is 0. The molecule has 1 N–H and O–H groups in total. The van der Waals surface area contributed by atoms with Crippen LogP contribution in [0.15, 0.2) is 24.3 Å². The van der Waals surface area contributed by atoms with Gasteiger partial charge in [0.2, 0.25) is 0 Å². The number of methoxy groups -OCH3 is 1. The van der Waals surface area contributed by atoms with Crippen LogP contribution >= 0.6 is 0 Å². The van der Waals surface area contributed by atoms with Crippen molar-refractivity contribution in [3.63, 3.8) is 0 Å². The topological polar surface area (TPSA) is 30.5 Å². The molecule has 0 saturated heterocycles. The zero-order valence-electron chi connectivity index (χ0n) is 11.9. The molecule has 1 unspecified atom stereocenters. The van der Waals surface area contributed by atoms with Crippen LogP contribution in [0.4, 0.5) is 0 Å². The van der Waals surface area contributed by atoms with Crippen molar-refractivity contribution in [1.29, 1.82) is 0 Å². The molecular weight excluding hydrogens is 226 g/mol. The highest BCUT2D eigenvalue weighted by molar-refractivity contribution is 5.31. The van der Waals surface area contributed by atoms with E-state index in [1.165, 1.54) is 0 Å². The van der Waals surface area contributed by atoms with E-state index < -0.39 is 0 Å². The summed E-state index contributed by atoms with van der Waals surface area (Å²) < 4.78 is 10.7. The normalized spacial score (nSPS) is 12.5. The smallest absolute Gasteiger partial charge is 0.119 e. The Kier molecular flexibility index (Phi) is 6.58. The number of nitrogens with one attached hydrogen (secondary N) is 1. The predicted octanol–water partition coefficient (Wildman–Crippen LogP) is 2.96. The van der Waals surface area contributed by atoms with Crippen LogP contribution < -0.4 is 14.8 Å². The lowest BCUT2D eigenvalue weighted by molar-refractivity contribution is 0.302. The van der Waals surface area contributed by atoms with Gasteiger partial charge in [-0.25, -0.2) is 0 Å². The minimum absolute atomic E-state index is 0.692. The van der Waals surface area contributed by atoms with Gasteiger partial charge >= 0.3 is 0 Å². The van der Waals surface area contributed by atoms with Gasteiger partial charge in [-0.3, -0.25) is 0 Å². The Morgan fingerprint density at radius 2 is 1.67 bits per heavy atom. The van der Waals surface area contributed by atoms with Gasteiger partial charge in [-0.1, -0.05) is 20.8 Å². The molecule has 0 aliphatic rings. The van der Waals surface area contributed by atoms with E-state index in [0.29, 0.717) is 12.5 Å². The van der Waals surface area contributed by atoms with E-state index in [4.69, 9.17) is 9.47 Å². The van der Waals surface area contributed by atoms with Crippen molar-refractivity contribution in [2.24, 2.45) is 11.8 Å². The second-order valence-corrected chi connectivity index (χ2v) is 4.95. The maximum atomic E-state index is 5.63. The van der Waals surface area contributed by atoms with Crippen LogP contribution in [0.3, 0.4) is 0 Å². The fourth-order valence-electron chi connectivity index (χ4n) is 1.48. The van der Waals surface area contributed by atoms with E-state index in [-0.39, 0.29) is 0 Å². The molecular formula is C15H25NO2. The van der Waals surface area contributed by atoms with Gasteiger partial charge in [0.1, 0.15) is 18.1 Å². The SMILES string of the molecule is COc1ccc(OCCNCC(C)C(C)C)cc1. The van der Waals surface area contributed by atoms with Crippen LogP contribution in [0.2, 0.25) is 0 Å². The van der Waals surface area contributed by atoms with Gasteiger partial charge < -0.3 is 14.8 Å². The number of hydrogen-bond donors (Lipinski definition) is 1. The highest BCUT2D eigenvalue weighted by Crippen LogP contribution is 2.16. The Hall–Kier alpha value is -1.22. The van der Waals surface area contributed by atoms with Gasteiger partial charge in [-0.05, 0) is 42.6 Å². The maximum absolute atomic E-state index is 5.63. The number of rotatable bonds is 8.